The molecule has 0 spiro atoms. The molecule has 0 aliphatic rings. The predicted octanol–water partition coefficient (Wildman–Crippen LogP) is 4.72. The van der Waals surface area contributed by atoms with Gasteiger partial charge in [0.25, 0.3) is 0 Å². The molecule has 0 unspecified atom stereocenters. The SMILES string of the molecule is Cc1sc(Cl)c(N)c1-c1cccc(Br)c1. The van der Waals surface area contributed by atoms with Crippen molar-refractivity contribution in [3.63, 3.8) is 0 Å². The number of hydrogen-bond acceptors (Lipinski definition) is 2. The van der Waals surface area contributed by atoms with Crippen LogP contribution in [0.15, 0.2) is 28.7 Å². The highest BCUT2D eigenvalue weighted by atomic mass is 79.9. The van der Waals surface area contributed by atoms with Crippen LogP contribution in [-0.4, -0.2) is 0 Å². The highest BCUT2D eigenvalue weighted by Gasteiger charge is 2.13. The van der Waals surface area contributed by atoms with Gasteiger partial charge in [-0.15, -0.1) is 11.3 Å². The molecule has 0 saturated carbocycles. The maximum Gasteiger partial charge on any atom is 0.117 e. The van der Waals surface area contributed by atoms with E-state index in [0.717, 1.165) is 20.5 Å². The Labute approximate surface area is 106 Å². The second kappa shape index (κ2) is 4.16. The molecule has 15 heavy (non-hydrogen) atoms. The van der Waals surface area contributed by atoms with E-state index < -0.39 is 0 Å². The van der Waals surface area contributed by atoms with E-state index in [1.807, 2.05) is 31.2 Å². The lowest BCUT2D eigenvalue weighted by Gasteiger charge is -2.03. The number of nitrogens with two attached hydrogens (primary N) is 1. The summed E-state index contributed by atoms with van der Waals surface area (Å²) in [4.78, 5) is 1.15. The first-order chi connectivity index (χ1) is 7.09. The molecule has 0 radical (unpaired) electrons. The Balaban J connectivity index is 2.63. The molecular weight excluding hydrogens is 294 g/mol. The first kappa shape index (κ1) is 11.0. The first-order valence-electron chi connectivity index (χ1n) is 4.40. The van der Waals surface area contributed by atoms with Crippen molar-refractivity contribution >= 4 is 44.6 Å². The molecule has 1 aromatic carbocycles. The molecule has 0 bridgehead atoms. The van der Waals surface area contributed by atoms with Crippen LogP contribution in [0.1, 0.15) is 4.88 Å². The fourth-order valence-corrected chi connectivity index (χ4v) is 3.18. The van der Waals surface area contributed by atoms with E-state index in [4.69, 9.17) is 17.3 Å². The van der Waals surface area contributed by atoms with Crippen molar-refractivity contribution in [1.82, 2.24) is 0 Å². The zero-order chi connectivity index (χ0) is 11.0. The average Bonchev–Trinajstić information content (AvgIpc) is 2.41. The maximum atomic E-state index is 6.01. The van der Waals surface area contributed by atoms with Gasteiger partial charge in [0, 0.05) is 14.9 Å². The van der Waals surface area contributed by atoms with E-state index in [1.54, 1.807) is 0 Å². The standard InChI is InChI=1S/C11H9BrClNS/c1-6-9(10(14)11(13)15-6)7-3-2-4-8(12)5-7/h2-5H,14H2,1H3. The molecule has 0 fully saturated rings. The van der Waals surface area contributed by atoms with Crippen molar-refractivity contribution in [1.29, 1.82) is 0 Å². The van der Waals surface area contributed by atoms with Gasteiger partial charge in [0.05, 0.1) is 5.69 Å². The van der Waals surface area contributed by atoms with Crippen molar-refractivity contribution in [2.45, 2.75) is 6.92 Å². The van der Waals surface area contributed by atoms with E-state index in [-0.39, 0.29) is 0 Å². The largest absolute Gasteiger partial charge is 0.396 e. The van der Waals surface area contributed by atoms with Crippen LogP contribution >= 0.6 is 38.9 Å². The smallest absolute Gasteiger partial charge is 0.117 e. The number of halogens is 2. The molecule has 2 aromatic rings. The predicted molar refractivity (Wildman–Crippen MR) is 71.6 cm³/mol. The Morgan fingerprint density at radius 2 is 2.13 bits per heavy atom. The Morgan fingerprint density at radius 1 is 1.40 bits per heavy atom. The van der Waals surface area contributed by atoms with E-state index >= 15 is 0 Å². The molecule has 2 rings (SSSR count). The number of aryl methyl sites for hydroxylation is 1. The van der Waals surface area contributed by atoms with Gasteiger partial charge in [0.1, 0.15) is 4.34 Å². The van der Waals surface area contributed by atoms with Gasteiger partial charge in [-0.3, -0.25) is 0 Å². The zero-order valence-electron chi connectivity index (χ0n) is 8.05. The highest BCUT2D eigenvalue weighted by Crippen LogP contribution is 2.41. The molecule has 0 atom stereocenters. The molecule has 0 aliphatic carbocycles. The number of thiophene rings is 1. The van der Waals surface area contributed by atoms with Gasteiger partial charge >= 0.3 is 0 Å². The minimum Gasteiger partial charge on any atom is -0.396 e. The third-order valence-electron chi connectivity index (χ3n) is 2.19. The third-order valence-corrected chi connectivity index (χ3v) is 4.03. The van der Waals surface area contributed by atoms with Crippen LogP contribution in [0.2, 0.25) is 4.34 Å². The van der Waals surface area contributed by atoms with Crippen molar-refractivity contribution in [2.24, 2.45) is 0 Å². The van der Waals surface area contributed by atoms with Crippen LogP contribution in [0, 0.1) is 6.92 Å². The fraction of sp³-hybridized carbons (Fsp3) is 0.0909. The van der Waals surface area contributed by atoms with Crippen LogP contribution in [0.5, 0.6) is 0 Å². The molecular formula is C11H9BrClNS. The Kier molecular flexibility index (Phi) is 3.05. The van der Waals surface area contributed by atoms with Crippen molar-refractivity contribution in [3.05, 3.63) is 38.0 Å². The normalized spacial score (nSPS) is 10.6. The molecule has 4 heteroatoms. The summed E-state index contributed by atoms with van der Waals surface area (Å²) in [5, 5.41) is 0. The van der Waals surface area contributed by atoms with Gasteiger partial charge in [-0.1, -0.05) is 39.7 Å². The summed E-state index contributed by atoms with van der Waals surface area (Å²) in [5.74, 6) is 0. The summed E-state index contributed by atoms with van der Waals surface area (Å²) in [6.07, 6.45) is 0. The lowest BCUT2D eigenvalue weighted by atomic mass is 10.1. The minimum atomic E-state index is 0.669. The van der Waals surface area contributed by atoms with Crippen LogP contribution in [0.25, 0.3) is 11.1 Å². The van der Waals surface area contributed by atoms with E-state index in [1.165, 1.54) is 11.3 Å². The Bertz CT molecular complexity index is 507. The molecule has 0 amide bonds. The Hall–Kier alpha value is -0.510. The van der Waals surface area contributed by atoms with Gasteiger partial charge in [0.15, 0.2) is 0 Å². The summed E-state index contributed by atoms with van der Waals surface area (Å²) < 4.78 is 1.71. The topological polar surface area (TPSA) is 26.0 Å². The second-order valence-corrected chi connectivity index (χ2v) is 5.97. The fourth-order valence-electron chi connectivity index (χ4n) is 1.53. The van der Waals surface area contributed by atoms with Gasteiger partial charge in [-0.2, -0.15) is 0 Å². The van der Waals surface area contributed by atoms with Crippen LogP contribution < -0.4 is 5.73 Å². The van der Waals surface area contributed by atoms with E-state index in [2.05, 4.69) is 15.9 Å². The monoisotopic (exact) mass is 301 g/mol. The number of hydrogen-bond donors (Lipinski definition) is 1. The lowest BCUT2D eigenvalue weighted by Crippen LogP contribution is -1.87. The Morgan fingerprint density at radius 3 is 2.67 bits per heavy atom. The van der Waals surface area contributed by atoms with Gasteiger partial charge < -0.3 is 5.73 Å². The van der Waals surface area contributed by atoms with E-state index in [9.17, 15) is 0 Å². The third kappa shape index (κ3) is 2.05. The summed E-state index contributed by atoms with van der Waals surface area (Å²) in [6, 6.07) is 8.06. The summed E-state index contributed by atoms with van der Waals surface area (Å²) in [5.41, 5.74) is 8.77. The summed E-state index contributed by atoms with van der Waals surface area (Å²) in [7, 11) is 0. The van der Waals surface area contributed by atoms with Gasteiger partial charge in [-0.05, 0) is 24.6 Å². The summed E-state index contributed by atoms with van der Waals surface area (Å²) in [6.45, 7) is 2.03. The van der Waals surface area contributed by atoms with Crippen LogP contribution in [-0.2, 0) is 0 Å². The molecule has 2 N–H and O–H groups in total. The first-order valence-corrected chi connectivity index (χ1v) is 6.38. The number of rotatable bonds is 1. The molecule has 1 nitrogen and oxygen atoms in total. The summed E-state index contributed by atoms with van der Waals surface area (Å²) >= 11 is 11.0. The quantitative estimate of drug-likeness (QED) is 0.810. The zero-order valence-corrected chi connectivity index (χ0v) is 11.2. The number of anilines is 1. The van der Waals surface area contributed by atoms with Crippen LogP contribution in [0.3, 0.4) is 0 Å². The number of benzene rings is 1. The molecule has 1 aromatic heterocycles. The molecule has 78 valence electrons. The van der Waals surface area contributed by atoms with E-state index in [0.29, 0.717) is 10.0 Å². The highest BCUT2D eigenvalue weighted by molar-refractivity contribution is 9.10. The maximum absolute atomic E-state index is 6.01. The lowest BCUT2D eigenvalue weighted by molar-refractivity contribution is 1.56. The van der Waals surface area contributed by atoms with Crippen molar-refractivity contribution in [2.75, 3.05) is 5.73 Å². The molecule has 0 aliphatic heterocycles. The average molecular weight is 303 g/mol. The van der Waals surface area contributed by atoms with Crippen molar-refractivity contribution in [3.8, 4) is 11.1 Å². The minimum absolute atomic E-state index is 0.669. The molecule has 0 saturated heterocycles. The second-order valence-electron chi connectivity index (χ2n) is 3.23. The van der Waals surface area contributed by atoms with Gasteiger partial charge in [-0.25, -0.2) is 0 Å². The van der Waals surface area contributed by atoms with Crippen LogP contribution in [0.4, 0.5) is 5.69 Å². The van der Waals surface area contributed by atoms with Gasteiger partial charge in [0.2, 0.25) is 0 Å². The molecule has 1 heterocycles. The van der Waals surface area contributed by atoms with Crippen molar-refractivity contribution < 1.29 is 0 Å². The number of nitrogen functional groups attached to an aromatic ring is 1.